The first-order chi connectivity index (χ1) is 10.5. The van der Waals surface area contributed by atoms with Gasteiger partial charge in [-0.05, 0) is 90.3 Å². The fourth-order valence-electron chi connectivity index (χ4n) is 8.04. The Morgan fingerprint density at radius 3 is 2.41 bits per heavy atom. The summed E-state index contributed by atoms with van der Waals surface area (Å²) in [6, 6.07) is 0. The van der Waals surface area contributed by atoms with Crippen molar-refractivity contribution in [2.24, 2.45) is 40.4 Å². The zero-order valence-corrected chi connectivity index (χ0v) is 17.5. The minimum absolute atomic E-state index is 0.713. The lowest BCUT2D eigenvalue weighted by atomic mass is 9.43. The number of rotatable bonds is 0. The van der Waals surface area contributed by atoms with Gasteiger partial charge in [0.15, 0.2) is 0 Å². The smallest absolute Gasteiger partial charge is 0.0121 e. The third kappa shape index (κ3) is 2.60. The maximum atomic E-state index is 2.71. The standard InChI is InChI=1S/C20H34.CH3I/c1-14-13-19(2)11-6-8-17(19)16-10-9-15-7-4-5-12-20(15,3)18(14)16;1-2/h14-18H,4-13H2,1-3H3;1H3. The van der Waals surface area contributed by atoms with E-state index in [2.05, 4.69) is 43.4 Å². The minimum atomic E-state index is 0.713. The van der Waals surface area contributed by atoms with E-state index in [9.17, 15) is 0 Å². The predicted octanol–water partition coefficient (Wildman–Crippen LogP) is 7.11. The molecule has 0 bridgehead atoms. The summed E-state index contributed by atoms with van der Waals surface area (Å²) >= 11 is 2.15. The minimum Gasteiger partial charge on any atom is -0.0901 e. The predicted molar refractivity (Wildman–Crippen MR) is 105 cm³/mol. The van der Waals surface area contributed by atoms with Gasteiger partial charge in [-0.15, -0.1) is 0 Å². The number of halogens is 1. The Kier molecular flexibility index (Phi) is 5.23. The zero-order chi connectivity index (χ0) is 16.0. The van der Waals surface area contributed by atoms with Crippen molar-refractivity contribution in [1.82, 2.24) is 0 Å². The number of fused-ring (bicyclic) bond motifs is 5. The van der Waals surface area contributed by atoms with Gasteiger partial charge in [-0.25, -0.2) is 0 Å². The molecule has 4 aliphatic carbocycles. The average Bonchev–Trinajstić information content (AvgIpc) is 2.89. The van der Waals surface area contributed by atoms with E-state index in [4.69, 9.17) is 0 Å². The third-order valence-electron chi connectivity index (χ3n) is 8.60. The highest BCUT2D eigenvalue weighted by atomic mass is 127. The molecule has 4 saturated carbocycles. The molecule has 0 radical (unpaired) electrons. The lowest BCUT2D eigenvalue weighted by Crippen LogP contribution is -2.54. The molecule has 0 nitrogen and oxygen atoms in total. The van der Waals surface area contributed by atoms with Crippen LogP contribution >= 0.6 is 22.6 Å². The maximum absolute atomic E-state index is 2.71. The Bertz CT molecular complexity index is 391. The van der Waals surface area contributed by atoms with E-state index < -0.39 is 0 Å². The summed E-state index contributed by atoms with van der Waals surface area (Å²) in [5, 5.41) is 0. The second-order valence-electron chi connectivity index (χ2n) is 9.55. The van der Waals surface area contributed by atoms with Crippen LogP contribution in [-0.2, 0) is 0 Å². The molecule has 0 spiro atoms. The summed E-state index contributed by atoms with van der Waals surface area (Å²) < 4.78 is 0. The topological polar surface area (TPSA) is 0 Å². The largest absolute Gasteiger partial charge is 0.0901 e. The number of hydrogen-bond donors (Lipinski definition) is 0. The molecule has 0 saturated heterocycles. The number of alkyl halides is 1. The molecule has 0 N–H and O–H groups in total. The SMILES string of the molecule is CC1CC2(C)CCCC2C2CCC3CCCCC3(C)C12.CI. The molecule has 0 aromatic rings. The fraction of sp³-hybridized carbons (Fsp3) is 1.00. The van der Waals surface area contributed by atoms with Crippen molar-refractivity contribution in [2.45, 2.75) is 85.0 Å². The lowest BCUT2D eigenvalue weighted by molar-refractivity contribution is -0.130. The summed E-state index contributed by atoms with van der Waals surface area (Å²) in [7, 11) is 0. The van der Waals surface area contributed by atoms with E-state index in [-0.39, 0.29) is 0 Å². The second-order valence-corrected chi connectivity index (χ2v) is 9.55. The Hall–Kier alpha value is 0.730. The summed E-state index contributed by atoms with van der Waals surface area (Å²) in [6.07, 6.45) is 15.4. The van der Waals surface area contributed by atoms with Gasteiger partial charge in [0.1, 0.15) is 0 Å². The van der Waals surface area contributed by atoms with Crippen LogP contribution in [0.5, 0.6) is 0 Å². The van der Waals surface area contributed by atoms with Crippen LogP contribution in [-0.4, -0.2) is 4.93 Å². The van der Waals surface area contributed by atoms with Gasteiger partial charge in [0.25, 0.3) is 0 Å². The highest BCUT2D eigenvalue weighted by molar-refractivity contribution is 14.1. The molecular weight excluding hydrogens is 379 g/mol. The third-order valence-corrected chi connectivity index (χ3v) is 8.60. The Labute approximate surface area is 152 Å². The normalized spacial score (nSPS) is 53.6. The Balaban J connectivity index is 0.000000693. The van der Waals surface area contributed by atoms with E-state index >= 15 is 0 Å². The van der Waals surface area contributed by atoms with Gasteiger partial charge in [0.05, 0.1) is 0 Å². The summed E-state index contributed by atoms with van der Waals surface area (Å²) in [4.78, 5) is 1.97. The molecule has 0 amide bonds. The van der Waals surface area contributed by atoms with Crippen molar-refractivity contribution in [3.63, 3.8) is 0 Å². The molecule has 7 atom stereocenters. The van der Waals surface area contributed by atoms with E-state index in [1.54, 1.807) is 38.5 Å². The summed E-state index contributed by atoms with van der Waals surface area (Å²) in [5.41, 5.74) is 1.43. The van der Waals surface area contributed by atoms with Crippen LogP contribution in [0.25, 0.3) is 0 Å². The van der Waals surface area contributed by atoms with Crippen LogP contribution in [0.15, 0.2) is 0 Å². The molecule has 0 aliphatic heterocycles. The highest BCUT2D eigenvalue weighted by Crippen LogP contribution is 2.67. The van der Waals surface area contributed by atoms with Crippen LogP contribution < -0.4 is 0 Å². The van der Waals surface area contributed by atoms with Crippen molar-refractivity contribution >= 4 is 22.6 Å². The first-order valence-electron chi connectivity index (χ1n) is 9.92. The second kappa shape index (κ2) is 6.56. The molecule has 7 unspecified atom stereocenters. The van der Waals surface area contributed by atoms with Gasteiger partial charge in [-0.1, -0.05) is 62.6 Å². The first kappa shape index (κ1) is 17.5. The van der Waals surface area contributed by atoms with Crippen molar-refractivity contribution in [3.8, 4) is 0 Å². The fourth-order valence-corrected chi connectivity index (χ4v) is 8.04. The van der Waals surface area contributed by atoms with Gasteiger partial charge in [0.2, 0.25) is 0 Å². The van der Waals surface area contributed by atoms with Crippen LogP contribution in [0.3, 0.4) is 0 Å². The molecular formula is C21H37I. The zero-order valence-electron chi connectivity index (χ0n) is 15.3. The highest BCUT2D eigenvalue weighted by Gasteiger charge is 2.59. The monoisotopic (exact) mass is 416 g/mol. The van der Waals surface area contributed by atoms with Gasteiger partial charge in [0, 0.05) is 0 Å². The molecule has 0 aromatic heterocycles. The summed E-state index contributed by atoms with van der Waals surface area (Å²) in [6.45, 7) is 7.98. The summed E-state index contributed by atoms with van der Waals surface area (Å²) in [5.74, 6) is 5.31. The maximum Gasteiger partial charge on any atom is -0.0121 e. The van der Waals surface area contributed by atoms with Crippen LogP contribution in [0.1, 0.15) is 85.0 Å². The van der Waals surface area contributed by atoms with Crippen molar-refractivity contribution in [3.05, 3.63) is 0 Å². The van der Waals surface area contributed by atoms with E-state index in [0.29, 0.717) is 5.41 Å². The van der Waals surface area contributed by atoms with E-state index in [1.165, 1.54) is 25.7 Å². The molecule has 4 rings (SSSR count). The van der Waals surface area contributed by atoms with Crippen molar-refractivity contribution < 1.29 is 0 Å². The Morgan fingerprint density at radius 2 is 1.64 bits per heavy atom. The molecule has 4 fully saturated rings. The first-order valence-corrected chi connectivity index (χ1v) is 12.1. The molecule has 1 heteroatoms. The van der Waals surface area contributed by atoms with Crippen molar-refractivity contribution in [2.75, 3.05) is 4.93 Å². The van der Waals surface area contributed by atoms with Gasteiger partial charge in [-0.3, -0.25) is 0 Å². The van der Waals surface area contributed by atoms with Crippen LogP contribution in [0.2, 0.25) is 0 Å². The molecule has 128 valence electrons. The van der Waals surface area contributed by atoms with E-state index in [0.717, 1.165) is 35.0 Å². The van der Waals surface area contributed by atoms with Gasteiger partial charge in [-0.2, -0.15) is 0 Å². The lowest BCUT2D eigenvalue weighted by Gasteiger charge is -2.62. The molecule has 0 heterocycles. The van der Waals surface area contributed by atoms with Crippen molar-refractivity contribution in [1.29, 1.82) is 0 Å². The van der Waals surface area contributed by atoms with Crippen LogP contribution in [0, 0.1) is 40.4 Å². The van der Waals surface area contributed by atoms with Gasteiger partial charge < -0.3 is 0 Å². The molecule has 4 aliphatic rings. The number of hydrogen-bond acceptors (Lipinski definition) is 0. The molecule has 0 aromatic carbocycles. The van der Waals surface area contributed by atoms with E-state index in [1.807, 2.05) is 4.93 Å². The van der Waals surface area contributed by atoms with Gasteiger partial charge >= 0.3 is 0 Å². The average molecular weight is 416 g/mol. The molecule has 22 heavy (non-hydrogen) atoms. The Morgan fingerprint density at radius 1 is 0.864 bits per heavy atom. The quantitative estimate of drug-likeness (QED) is 0.292. The van der Waals surface area contributed by atoms with Crippen LogP contribution in [0.4, 0.5) is 0 Å².